The highest BCUT2D eigenvalue weighted by atomic mass is 79.9. The molecule has 1 unspecified atom stereocenters. The van der Waals surface area contributed by atoms with Crippen molar-refractivity contribution in [3.05, 3.63) is 54.8 Å². The van der Waals surface area contributed by atoms with Crippen molar-refractivity contribution in [1.29, 1.82) is 0 Å². The van der Waals surface area contributed by atoms with Crippen LogP contribution in [-0.2, 0) is 0 Å². The summed E-state index contributed by atoms with van der Waals surface area (Å²) in [5, 5.41) is 3.47. The van der Waals surface area contributed by atoms with Crippen LogP contribution in [-0.4, -0.2) is 6.54 Å². The lowest BCUT2D eigenvalue weighted by Crippen LogP contribution is -2.23. The Hall–Kier alpha value is -0.230. The summed E-state index contributed by atoms with van der Waals surface area (Å²) >= 11 is 8.70. The number of halogens is 3. The van der Waals surface area contributed by atoms with Gasteiger partial charge in [-0.1, -0.05) is 19.1 Å². The van der Waals surface area contributed by atoms with Gasteiger partial charge < -0.3 is 5.32 Å². The third-order valence-corrected chi connectivity index (χ3v) is 5.16. The van der Waals surface area contributed by atoms with E-state index in [2.05, 4.69) is 50.2 Å². The molecule has 102 valence electrons. The van der Waals surface area contributed by atoms with Crippen LogP contribution in [0, 0.1) is 5.82 Å². The van der Waals surface area contributed by atoms with Crippen LogP contribution in [0.2, 0.25) is 0 Å². The topological polar surface area (TPSA) is 12.0 Å². The molecule has 0 radical (unpaired) electrons. The molecule has 1 heterocycles. The van der Waals surface area contributed by atoms with E-state index in [9.17, 15) is 4.39 Å². The van der Waals surface area contributed by atoms with Gasteiger partial charge in [0, 0.05) is 0 Å². The maximum Gasteiger partial charge on any atom is 0.123 e. The number of benzene rings is 1. The lowest BCUT2D eigenvalue weighted by Gasteiger charge is -2.19. The highest BCUT2D eigenvalue weighted by Crippen LogP contribution is 2.37. The summed E-state index contributed by atoms with van der Waals surface area (Å²) < 4.78 is 15.6. The van der Waals surface area contributed by atoms with Gasteiger partial charge in [0.05, 0.1) is 13.6 Å². The first-order valence-corrected chi connectivity index (χ1v) is 8.45. The maximum atomic E-state index is 13.4. The van der Waals surface area contributed by atoms with Crippen LogP contribution >= 0.6 is 43.2 Å². The Balaban J connectivity index is 2.38. The molecule has 1 N–H and O–H groups in total. The zero-order chi connectivity index (χ0) is 13.8. The molecule has 0 saturated heterocycles. The van der Waals surface area contributed by atoms with E-state index in [1.165, 1.54) is 6.07 Å². The second-order valence-corrected chi connectivity index (χ2v) is 7.97. The number of thiophene rings is 1. The lowest BCUT2D eigenvalue weighted by atomic mass is 10.0. The van der Waals surface area contributed by atoms with E-state index in [1.54, 1.807) is 23.5 Å². The van der Waals surface area contributed by atoms with E-state index < -0.39 is 0 Å². The maximum absolute atomic E-state index is 13.4. The molecule has 0 saturated carbocycles. The highest BCUT2D eigenvalue weighted by molar-refractivity contribution is 9.12. The second kappa shape index (κ2) is 6.97. The summed E-state index contributed by atoms with van der Waals surface area (Å²) in [5.74, 6) is -0.203. The standard InChI is InChI=1S/C14H14Br2FNS/c1-2-6-18-13(9-4-3-5-10(17)7-9)11-8-12(15)19-14(11)16/h3-5,7-8,13,18H,2,6H2,1H3. The molecular formula is C14H14Br2FNS. The molecule has 1 aromatic carbocycles. The minimum absolute atomic E-state index is 0.00701. The molecule has 2 rings (SSSR count). The summed E-state index contributed by atoms with van der Waals surface area (Å²) in [6, 6.07) is 8.85. The van der Waals surface area contributed by atoms with Gasteiger partial charge >= 0.3 is 0 Å². The van der Waals surface area contributed by atoms with Crippen LogP contribution in [0.5, 0.6) is 0 Å². The molecule has 1 atom stereocenters. The SMILES string of the molecule is CCCNC(c1cccc(F)c1)c1cc(Br)sc1Br. The molecule has 0 aliphatic heterocycles. The number of rotatable bonds is 5. The fourth-order valence-electron chi connectivity index (χ4n) is 1.93. The smallest absolute Gasteiger partial charge is 0.123 e. The van der Waals surface area contributed by atoms with Crippen LogP contribution < -0.4 is 5.32 Å². The summed E-state index contributed by atoms with van der Waals surface area (Å²) in [5.41, 5.74) is 2.08. The molecule has 19 heavy (non-hydrogen) atoms. The predicted octanol–water partition coefficient (Wildman–Crippen LogP) is 5.50. The van der Waals surface area contributed by atoms with Gasteiger partial charge in [-0.25, -0.2) is 4.39 Å². The van der Waals surface area contributed by atoms with Gasteiger partial charge in [-0.2, -0.15) is 0 Å². The van der Waals surface area contributed by atoms with Gasteiger partial charge in [-0.05, 0) is 74.2 Å². The largest absolute Gasteiger partial charge is 0.306 e. The first-order chi connectivity index (χ1) is 9.11. The van der Waals surface area contributed by atoms with Gasteiger partial charge in [0.1, 0.15) is 5.82 Å². The van der Waals surface area contributed by atoms with Gasteiger partial charge in [-0.15, -0.1) is 11.3 Å². The molecule has 2 aromatic rings. The monoisotopic (exact) mass is 405 g/mol. The molecule has 0 fully saturated rings. The Bertz CT molecular complexity index is 556. The van der Waals surface area contributed by atoms with Crippen LogP contribution in [0.3, 0.4) is 0 Å². The van der Waals surface area contributed by atoms with Crippen LogP contribution in [0.4, 0.5) is 4.39 Å². The van der Waals surface area contributed by atoms with Crippen molar-refractivity contribution in [2.45, 2.75) is 19.4 Å². The molecule has 0 aliphatic carbocycles. The van der Waals surface area contributed by atoms with E-state index in [1.807, 2.05) is 6.07 Å². The Morgan fingerprint density at radius 3 is 2.68 bits per heavy atom. The Morgan fingerprint density at radius 1 is 1.32 bits per heavy atom. The third kappa shape index (κ3) is 3.88. The van der Waals surface area contributed by atoms with Crippen molar-refractivity contribution >= 4 is 43.2 Å². The van der Waals surface area contributed by atoms with Gasteiger partial charge in [0.2, 0.25) is 0 Å². The molecule has 1 nitrogen and oxygen atoms in total. The summed E-state index contributed by atoms with van der Waals surface area (Å²) in [6.07, 6.45) is 1.04. The van der Waals surface area contributed by atoms with Crippen molar-refractivity contribution in [1.82, 2.24) is 5.32 Å². The zero-order valence-electron chi connectivity index (χ0n) is 10.4. The van der Waals surface area contributed by atoms with Gasteiger partial charge in [0.25, 0.3) is 0 Å². The summed E-state index contributed by atoms with van der Waals surface area (Å²) in [6.45, 7) is 3.01. The molecule has 0 amide bonds. The van der Waals surface area contributed by atoms with Crippen molar-refractivity contribution in [2.24, 2.45) is 0 Å². The molecule has 0 spiro atoms. The minimum Gasteiger partial charge on any atom is -0.306 e. The number of hydrogen-bond acceptors (Lipinski definition) is 2. The predicted molar refractivity (Wildman–Crippen MR) is 86.3 cm³/mol. The average Bonchev–Trinajstić information content (AvgIpc) is 2.69. The third-order valence-electron chi connectivity index (χ3n) is 2.77. The van der Waals surface area contributed by atoms with E-state index in [0.717, 1.165) is 31.7 Å². The van der Waals surface area contributed by atoms with E-state index in [4.69, 9.17) is 0 Å². The fourth-order valence-corrected chi connectivity index (χ4v) is 4.83. The minimum atomic E-state index is -0.203. The van der Waals surface area contributed by atoms with E-state index in [-0.39, 0.29) is 11.9 Å². The molecule has 1 aromatic heterocycles. The highest BCUT2D eigenvalue weighted by Gasteiger charge is 2.18. The molecule has 0 bridgehead atoms. The molecule has 5 heteroatoms. The molecular weight excluding hydrogens is 393 g/mol. The number of hydrogen-bond donors (Lipinski definition) is 1. The first kappa shape index (κ1) is 15.2. The van der Waals surface area contributed by atoms with Gasteiger partial charge in [-0.3, -0.25) is 0 Å². The van der Waals surface area contributed by atoms with Crippen molar-refractivity contribution in [3.8, 4) is 0 Å². The molecule has 0 aliphatic rings. The summed E-state index contributed by atoms with van der Waals surface area (Å²) in [4.78, 5) is 0. The number of nitrogens with one attached hydrogen (secondary N) is 1. The Kier molecular flexibility index (Phi) is 5.57. The average molecular weight is 407 g/mol. The van der Waals surface area contributed by atoms with Crippen molar-refractivity contribution in [3.63, 3.8) is 0 Å². The van der Waals surface area contributed by atoms with Gasteiger partial charge in [0.15, 0.2) is 0 Å². The fraction of sp³-hybridized carbons (Fsp3) is 0.286. The second-order valence-electron chi connectivity index (χ2n) is 4.22. The van der Waals surface area contributed by atoms with E-state index in [0.29, 0.717) is 0 Å². The first-order valence-electron chi connectivity index (χ1n) is 6.05. The summed E-state index contributed by atoms with van der Waals surface area (Å²) in [7, 11) is 0. The Morgan fingerprint density at radius 2 is 2.11 bits per heavy atom. The normalized spacial score (nSPS) is 12.6. The zero-order valence-corrected chi connectivity index (χ0v) is 14.4. The van der Waals surface area contributed by atoms with E-state index >= 15 is 0 Å². The Labute approximate surface area is 133 Å². The van der Waals surface area contributed by atoms with Crippen LogP contribution in [0.15, 0.2) is 37.9 Å². The van der Waals surface area contributed by atoms with Crippen LogP contribution in [0.1, 0.15) is 30.5 Å². The van der Waals surface area contributed by atoms with Crippen molar-refractivity contribution in [2.75, 3.05) is 6.54 Å². The van der Waals surface area contributed by atoms with Crippen LogP contribution in [0.25, 0.3) is 0 Å². The van der Waals surface area contributed by atoms with Crippen molar-refractivity contribution < 1.29 is 4.39 Å². The quantitative estimate of drug-likeness (QED) is 0.690. The lowest BCUT2D eigenvalue weighted by molar-refractivity contribution is 0.585.